The SMILES string of the molecule is CNCC1(CNC)c2cc(C)c(C)cc2-c2cc(C)c(C)cc21. The lowest BCUT2D eigenvalue weighted by atomic mass is 9.76. The Hall–Kier alpha value is -1.64. The average Bonchev–Trinajstić information content (AvgIpc) is 2.72. The standard InChI is InChI=1S/C21H28N2/c1-13-7-17-18-8-14(2)16(4)10-20(18)21(11-22-5,12-23-6)19(17)9-15(13)3/h7-10,22-23H,11-12H2,1-6H3. The van der Waals surface area contributed by atoms with Crippen LogP contribution in [0.2, 0.25) is 0 Å². The summed E-state index contributed by atoms with van der Waals surface area (Å²) >= 11 is 0. The van der Waals surface area contributed by atoms with Gasteiger partial charge in [0.25, 0.3) is 0 Å². The van der Waals surface area contributed by atoms with Crippen molar-refractivity contribution in [3.05, 3.63) is 57.6 Å². The molecule has 2 N–H and O–H groups in total. The van der Waals surface area contributed by atoms with Gasteiger partial charge < -0.3 is 10.6 Å². The predicted octanol–water partition coefficient (Wildman–Crippen LogP) is 3.63. The quantitative estimate of drug-likeness (QED) is 0.901. The topological polar surface area (TPSA) is 24.1 Å². The van der Waals surface area contributed by atoms with E-state index in [0.717, 1.165) is 13.1 Å². The molecule has 0 saturated carbocycles. The molecule has 1 aliphatic rings. The summed E-state index contributed by atoms with van der Waals surface area (Å²) in [5, 5.41) is 6.89. The van der Waals surface area contributed by atoms with E-state index in [9.17, 15) is 0 Å². The van der Waals surface area contributed by atoms with Crippen molar-refractivity contribution in [1.29, 1.82) is 0 Å². The minimum Gasteiger partial charge on any atom is -0.318 e. The Kier molecular flexibility index (Phi) is 4.07. The van der Waals surface area contributed by atoms with E-state index in [0.29, 0.717) is 0 Å². The van der Waals surface area contributed by atoms with Gasteiger partial charge >= 0.3 is 0 Å². The van der Waals surface area contributed by atoms with Crippen molar-refractivity contribution in [3.8, 4) is 11.1 Å². The van der Waals surface area contributed by atoms with Crippen molar-refractivity contribution >= 4 is 0 Å². The van der Waals surface area contributed by atoms with Gasteiger partial charge in [-0.3, -0.25) is 0 Å². The first-order chi connectivity index (χ1) is 10.9. The summed E-state index contributed by atoms with van der Waals surface area (Å²) in [7, 11) is 4.11. The Morgan fingerprint density at radius 1 is 0.652 bits per heavy atom. The number of nitrogens with one attached hydrogen (secondary N) is 2. The largest absolute Gasteiger partial charge is 0.318 e. The third kappa shape index (κ3) is 2.32. The van der Waals surface area contributed by atoms with Crippen LogP contribution in [-0.2, 0) is 5.41 Å². The molecular weight excluding hydrogens is 280 g/mol. The summed E-state index contributed by atoms with van der Waals surface area (Å²) in [6.07, 6.45) is 0. The van der Waals surface area contributed by atoms with E-state index in [1.54, 1.807) is 0 Å². The summed E-state index contributed by atoms with van der Waals surface area (Å²) in [5.41, 5.74) is 11.3. The van der Waals surface area contributed by atoms with Gasteiger partial charge in [-0.2, -0.15) is 0 Å². The lowest BCUT2D eigenvalue weighted by Gasteiger charge is -2.32. The molecule has 0 bridgehead atoms. The molecule has 0 spiro atoms. The minimum absolute atomic E-state index is 0.00505. The van der Waals surface area contributed by atoms with Crippen molar-refractivity contribution in [1.82, 2.24) is 10.6 Å². The van der Waals surface area contributed by atoms with Crippen molar-refractivity contribution in [2.24, 2.45) is 0 Å². The highest BCUT2D eigenvalue weighted by Gasteiger charge is 2.42. The van der Waals surface area contributed by atoms with E-state index in [1.165, 1.54) is 44.5 Å². The molecule has 0 radical (unpaired) electrons. The Morgan fingerprint density at radius 2 is 1.00 bits per heavy atom. The van der Waals surface area contributed by atoms with Crippen LogP contribution in [0.15, 0.2) is 24.3 Å². The van der Waals surface area contributed by atoms with Crippen LogP contribution in [0.4, 0.5) is 0 Å². The van der Waals surface area contributed by atoms with E-state index in [2.05, 4.69) is 76.7 Å². The summed E-state index contributed by atoms with van der Waals surface area (Å²) < 4.78 is 0. The normalized spacial score (nSPS) is 14.7. The number of aryl methyl sites for hydroxylation is 4. The number of hydrogen-bond acceptors (Lipinski definition) is 2. The number of likely N-dealkylation sites (N-methyl/N-ethyl adjacent to an activating group) is 2. The molecule has 23 heavy (non-hydrogen) atoms. The summed E-state index contributed by atoms with van der Waals surface area (Å²) in [6, 6.07) is 9.57. The molecule has 1 aliphatic carbocycles. The fourth-order valence-electron chi connectivity index (χ4n) is 4.06. The highest BCUT2D eigenvalue weighted by molar-refractivity contribution is 5.83. The first-order valence-electron chi connectivity index (χ1n) is 8.47. The van der Waals surface area contributed by atoms with Gasteiger partial charge in [0, 0.05) is 18.5 Å². The van der Waals surface area contributed by atoms with Crippen LogP contribution in [-0.4, -0.2) is 27.2 Å². The highest BCUT2D eigenvalue weighted by atomic mass is 14.9. The number of rotatable bonds is 4. The van der Waals surface area contributed by atoms with Crippen LogP contribution in [0, 0.1) is 27.7 Å². The maximum absolute atomic E-state index is 3.45. The third-order valence-corrected chi connectivity index (χ3v) is 5.55. The van der Waals surface area contributed by atoms with Gasteiger partial charge in [-0.25, -0.2) is 0 Å². The van der Waals surface area contributed by atoms with Crippen LogP contribution in [0.3, 0.4) is 0 Å². The van der Waals surface area contributed by atoms with E-state index < -0.39 is 0 Å². The summed E-state index contributed by atoms with van der Waals surface area (Å²) in [6.45, 7) is 10.8. The summed E-state index contributed by atoms with van der Waals surface area (Å²) in [4.78, 5) is 0. The van der Waals surface area contributed by atoms with Gasteiger partial charge in [-0.05, 0) is 86.3 Å². The molecular formula is C21H28N2. The minimum atomic E-state index is 0.00505. The molecule has 0 fully saturated rings. The lowest BCUT2D eigenvalue weighted by molar-refractivity contribution is 0.472. The van der Waals surface area contributed by atoms with Crippen LogP contribution >= 0.6 is 0 Å². The van der Waals surface area contributed by atoms with Gasteiger partial charge in [0.1, 0.15) is 0 Å². The second-order valence-corrected chi connectivity index (χ2v) is 7.11. The second-order valence-electron chi connectivity index (χ2n) is 7.11. The molecule has 2 nitrogen and oxygen atoms in total. The molecule has 0 atom stereocenters. The maximum atomic E-state index is 3.45. The smallest absolute Gasteiger partial charge is 0.0463 e. The molecule has 2 aromatic carbocycles. The van der Waals surface area contributed by atoms with Crippen LogP contribution in [0.25, 0.3) is 11.1 Å². The van der Waals surface area contributed by atoms with Gasteiger partial charge in [0.15, 0.2) is 0 Å². The molecule has 0 heterocycles. The first-order valence-corrected chi connectivity index (χ1v) is 8.47. The van der Waals surface area contributed by atoms with E-state index in [4.69, 9.17) is 0 Å². The number of fused-ring (bicyclic) bond motifs is 3. The number of hydrogen-bond donors (Lipinski definition) is 2. The molecule has 0 unspecified atom stereocenters. The zero-order valence-corrected chi connectivity index (χ0v) is 15.2. The molecule has 122 valence electrons. The van der Waals surface area contributed by atoms with E-state index in [-0.39, 0.29) is 5.41 Å². The van der Waals surface area contributed by atoms with Crippen molar-refractivity contribution in [2.45, 2.75) is 33.1 Å². The fraction of sp³-hybridized carbons (Fsp3) is 0.429. The first kappa shape index (κ1) is 16.2. The number of benzene rings is 2. The molecule has 0 aromatic heterocycles. The van der Waals surface area contributed by atoms with Crippen LogP contribution in [0.1, 0.15) is 33.4 Å². The van der Waals surface area contributed by atoms with Crippen molar-refractivity contribution < 1.29 is 0 Å². The maximum Gasteiger partial charge on any atom is 0.0463 e. The fourth-order valence-corrected chi connectivity index (χ4v) is 4.06. The molecule has 0 saturated heterocycles. The van der Waals surface area contributed by atoms with Crippen LogP contribution < -0.4 is 10.6 Å². The molecule has 2 aromatic rings. The van der Waals surface area contributed by atoms with Gasteiger partial charge in [-0.1, -0.05) is 24.3 Å². The Labute approximate surface area is 140 Å². The Balaban J connectivity index is 2.38. The predicted molar refractivity (Wildman–Crippen MR) is 99.5 cm³/mol. The zero-order chi connectivity index (χ0) is 16.8. The van der Waals surface area contributed by atoms with E-state index >= 15 is 0 Å². The Morgan fingerprint density at radius 3 is 1.35 bits per heavy atom. The van der Waals surface area contributed by atoms with Crippen molar-refractivity contribution in [2.75, 3.05) is 27.2 Å². The van der Waals surface area contributed by atoms with Gasteiger partial charge in [-0.15, -0.1) is 0 Å². The molecule has 0 amide bonds. The summed E-state index contributed by atoms with van der Waals surface area (Å²) in [5.74, 6) is 0. The average molecular weight is 308 g/mol. The zero-order valence-electron chi connectivity index (χ0n) is 15.2. The second kappa shape index (κ2) is 5.77. The monoisotopic (exact) mass is 308 g/mol. The Bertz CT molecular complexity index is 693. The highest BCUT2D eigenvalue weighted by Crippen LogP contribution is 2.50. The van der Waals surface area contributed by atoms with Crippen LogP contribution in [0.5, 0.6) is 0 Å². The van der Waals surface area contributed by atoms with Gasteiger partial charge in [0.05, 0.1) is 0 Å². The van der Waals surface area contributed by atoms with Crippen molar-refractivity contribution in [3.63, 3.8) is 0 Å². The molecule has 3 rings (SSSR count). The third-order valence-electron chi connectivity index (χ3n) is 5.55. The molecule has 2 heteroatoms. The van der Waals surface area contributed by atoms with E-state index in [1.807, 2.05) is 0 Å². The lowest BCUT2D eigenvalue weighted by Crippen LogP contribution is -2.44. The molecule has 0 aliphatic heterocycles. The van der Waals surface area contributed by atoms with Gasteiger partial charge in [0.2, 0.25) is 0 Å².